The molecule has 20 heavy (non-hydrogen) atoms. The quantitative estimate of drug-likeness (QED) is 0.885. The van der Waals surface area contributed by atoms with E-state index in [9.17, 15) is 0 Å². The molecule has 1 heterocycles. The number of para-hydroxylation sites is 2. The molecule has 0 saturated carbocycles. The van der Waals surface area contributed by atoms with E-state index in [0.29, 0.717) is 6.04 Å². The van der Waals surface area contributed by atoms with Crippen molar-refractivity contribution in [3.8, 4) is 0 Å². The second-order valence-electron chi connectivity index (χ2n) is 5.37. The van der Waals surface area contributed by atoms with E-state index in [2.05, 4.69) is 78.7 Å². The van der Waals surface area contributed by atoms with Crippen LogP contribution in [0.3, 0.4) is 0 Å². The minimum absolute atomic E-state index is 0.505. The zero-order chi connectivity index (χ0) is 13.9. The summed E-state index contributed by atoms with van der Waals surface area (Å²) in [6, 6.07) is 19.4. The lowest BCUT2D eigenvalue weighted by Gasteiger charge is -2.34. The molecule has 2 heteroatoms. The summed E-state index contributed by atoms with van der Waals surface area (Å²) in [6.45, 7) is 5.42. The Kier molecular flexibility index (Phi) is 3.46. The highest BCUT2D eigenvalue weighted by molar-refractivity contribution is 5.86. The number of hydrogen-bond donors (Lipinski definition) is 1. The standard InChI is InChI=1S/C18H20N2/c1-14(2)20-13-12-17(16-10-6-7-11-18(16)20)19-15-8-4-3-5-9-15/h3-12,14,19H,13H2,1-2H3. The van der Waals surface area contributed by atoms with Gasteiger partial charge in [0.05, 0.1) is 0 Å². The largest absolute Gasteiger partial charge is 0.365 e. The van der Waals surface area contributed by atoms with Gasteiger partial charge in [0.15, 0.2) is 0 Å². The van der Waals surface area contributed by atoms with Crippen LogP contribution in [0.1, 0.15) is 19.4 Å². The molecule has 0 aromatic heterocycles. The molecule has 2 aromatic rings. The Balaban J connectivity index is 1.94. The van der Waals surface area contributed by atoms with Crippen LogP contribution < -0.4 is 10.2 Å². The van der Waals surface area contributed by atoms with Crippen LogP contribution in [-0.4, -0.2) is 12.6 Å². The predicted octanol–water partition coefficient (Wildman–Crippen LogP) is 4.37. The fourth-order valence-electron chi connectivity index (χ4n) is 2.63. The van der Waals surface area contributed by atoms with Crippen molar-refractivity contribution in [2.45, 2.75) is 19.9 Å². The summed E-state index contributed by atoms with van der Waals surface area (Å²) < 4.78 is 0. The molecule has 0 unspecified atom stereocenters. The third kappa shape index (κ3) is 2.42. The Bertz CT molecular complexity index is 614. The summed E-state index contributed by atoms with van der Waals surface area (Å²) in [5.74, 6) is 0. The molecule has 2 nitrogen and oxygen atoms in total. The molecule has 0 bridgehead atoms. The first kappa shape index (κ1) is 12.8. The van der Waals surface area contributed by atoms with Crippen LogP contribution in [0.5, 0.6) is 0 Å². The maximum Gasteiger partial charge on any atom is 0.0465 e. The zero-order valence-electron chi connectivity index (χ0n) is 12.0. The molecule has 0 spiro atoms. The summed E-state index contributed by atoms with van der Waals surface area (Å²) in [5, 5.41) is 3.53. The van der Waals surface area contributed by atoms with Gasteiger partial charge in [-0.25, -0.2) is 0 Å². The summed E-state index contributed by atoms with van der Waals surface area (Å²) in [5.41, 5.74) is 4.91. The Morgan fingerprint density at radius 2 is 1.65 bits per heavy atom. The van der Waals surface area contributed by atoms with Gasteiger partial charge in [0, 0.05) is 35.2 Å². The predicted molar refractivity (Wildman–Crippen MR) is 87.0 cm³/mol. The number of nitrogens with one attached hydrogen (secondary N) is 1. The van der Waals surface area contributed by atoms with Gasteiger partial charge in [0.1, 0.15) is 0 Å². The number of fused-ring (bicyclic) bond motifs is 1. The van der Waals surface area contributed by atoms with Gasteiger partial charge < -0.3 is 10.2 Å². The second-order valence-corrected chi connectivity index (χ2v) is 5.37. The van der Waals surface area contributed by atoms with Crippen molar-refractivity contribution < 1.29 is 0 Å². The minimum atomic E-state index is 0.505. The van der Waals surface area contributed by atoms with Gasteiger partial charge in [-0.1, -0.05) is 36.4 Å². The molecule has 1 N–H and O–H groups in total. The molecule has 0 fully saturated rings. The Hall–Kier alpha value is -2.22. The lowest BCUT2D eigenvalue weighted by atomic mass is 10.0. The lowest BCUT2D eigenvalue weighted by molar-refractivity contribution is 0.718. The van der Waals surface area contributed by atoms with E-state index < -0.39 is 0 Å². The van der Waals surface area contributed by atoms with Crippen molar-refractivity contribution in [3.05, 3.63) is 66.2 Å². The van der Waals surface area contributed by atoms with Gasteiger partial charge in [-0.3, -0.25) is 0 Å². The maximum absolute atomic E-state index is 3.53. The molecule has 0 saturated heterocycles. The van der Waals surface area contributed by atoms with Gasteiger partial charge in [0.2, 0.25) is 0 Å². The monoisotopic (exact) mass is 264 g/mol. The Morgan fingerprint density at radius 3 is 2.40 bits per heavy atom. The fourth-order valence-corrected chi connectivity index (χ4v) is 2.63. The van der Waals surface area contributed by atoms with Crippen molar-refractivity contribution in [1.82, 2.24) is 0 Å². The number of nitrogens with zero attached hydrogens (tertiary/aromatic N) is 1. The number of anilines is 2. The molecule has 1 aliphatic rings. The average Bonchev–Trinajstić information content (AvgIpc) is 2.48. The van der Waals surface area contributed by atoms with E-state index in [1.165, 1.54) is 16.9 Å². The van der Waals surface area contributed by atoms with Crippen molar-refractivity contribution >= 4 is 17.1 Å². The van der Waals surface area contributed by atoms with Gasteiger partial charge in [-0.2, -0.15) is 0 Å². The summed E-state index contributed by atoms with van der Waals surface area (Å²) in [4.78, 5) is 2.42. The van der Waals surface area contributed by atoms with E-state index in [1.807, 2.05) is 6.07 Å². The first-order chi connectivity index (χ1) is 9.75. The number of benzene rings is 2. The highest BCUT2D eigenvalue weighted by atomic mass is 15.2. The van der Waals surface area contributed by atoms with Crippen molar-refractivity contribution in [3.63, 3.8) is 0 Å². The smallest absolute Gasteiger partial charge is 0.0465 e. The van der Waals surface area contributed by atoms with Crippen molar-refractivity contribution in [2.75, 3.05) is 16.8 Å². The maximum atomic E-state index is 3.53. The van der Waals surface area contributed by atoms with Crippen LogP contribution in [0.15, 0.2) is 60.7 Å². The molecule has 3 rings (SSSR count). The molecular formula is C18H20N2. The van der Waals surface area contributed by atoms with Gasteiger partial charge in [-0.05, 0) is 38.1 Å². The normalized spacial score (nSPS) is 13.9. The van der Waals surface area contributed by atoms with Gasteiger partial charge in [0.25, 0.3) is 0 Å². The first-order valence-corrected chi connectivity index (χ1v) is 7.14. The molecule has 0 amide bonds. The van der Waals surface area contributed by atoms with Crippen LogP contribution in [0.2, 0.25) is 0 Å². The number of rotatable bonds is 3. The third-order valence-corrected chi connectivity index (χ3v) is 3.67. The topological polar surface area (TPSA) is 15.3 Å². The SMILES string of the molecule is CC(C)N1CC=C(Nc2ccccc2)c2ccccc21. The van der Waals surface area contributed by atoms with Gasteiger partial charge in [-0.15, -0.1) is 0 Å². The van der Waals surface area contributed by atoms with E-state index >= 15 is 0 Å². The molecular weight excluding hydrogens is 244 g/mol. The minimum Gasteiger partial charge on any atom is -0.365 e. The molecule has 1 aliphatic heterocycles. The van der Waals surface area contributed by atoms with E-state index in [-0.39, 0.29) is 0 Å². The Labute approximate surface area is 120 Å². The van der Waals surface area contributed by atoms with Crippen molar-refractivity contribution in [1.29, 1.82) is 0 Å². The van der Waals surface area contributed by atoms with Crippen LogP contribution in [0.4, 0.5) is 11.4 Å². The molecule has 0 atom stereocenters. The highest BCUT2D eigenvalue weighted by Gasteiger charge is 2.20. The van der Waals surface area contributed by atoms with Crippen LogP contribution >= 0.6 is 0 Å². The average molecular weight is 264 g/mol. The van der Waals surface area contributed by atoms with Crippen LogP contribution in [0, 0.1) is 0 Å². The van der Waals surface area contributed by atoms with Gasteiger partial charge >= 0.3 is 0 Å². The molecule has 102 valence electrons. The number of hydrogen-bond acceptors (Lipinski definition) is 2. The highest BCUT2D eigenvalue weighted by Crippen LogP contribution is 2.32. The van der Waals surface area contributed by atoms with E-state index in [0.717, 1.165) is 12.2 Å². The summed E-state index contributed by atoms with van der Waals surface area (Å²) in [7, 11) is 0. The first-order valence-electron chi connectivity index (χ1n) is 7.14. The molecule has 0 radical (unpaired) electrons. The van der Waals surface area contributed by atoms with E-state index in [4.69, 9.17) is 0 Å². The Morgan fingerprint density at radius 1 is 0.950 bits per heavy atom. The summed E-state index contributed by atoms with van der Waals surface area (Å²) >= 11 is 0. The lowest BCUT2D eigenvalue weighted by Crippen LogP contribution is -2.34. The molecule has 2 aromatic carbocycles. The third-order valence-electron chi connectivity index (χ3n) is 3.67. The second kappa shape index (κ2) is 5.41. The fraction of sp³-hybridized carbons (Fsp3) is 0.222. The van der Waals surface area contributed by atoms with Crippen LogP contribution in [-0.2, 0) is 0 Å². The van der Waals surface area contributed by atoms with Crippen LogP contribution in [0.25, 0.3) is 5.70 Å². The molecule has 0 aliphatic carbocycles. The van der Waals surface area contributed by atoms with Crippen molar-refractivity contribution in [2.24, 2.45) is 0 Å². The zero-order valence-corrected chi connectivity index (χ0v) is 12.0. The van der Waals surface area contributed by atoms with E-state index in [1.54, 1.807) is 0 Å². The summed E-state index contributed by atoms with van der Waals surface area (Å²) in [6.07, 6.45) is 2.27.